The van der Waals surface area contributed by atoms with E-state index in [1.54, 1.807) is 0 Å². The van der Waals surface area contributed by atoms with Gasteiger partial charge in [0.25, 0.3) is 11.4 Å². The lowest BCUT2D eigenvalue weighted by molar-refractivity contribution is -0.839. The van der Waals surface area contributed by atoms with Gasteiger partial charge in [0.15, 0.2) is 18.9 Å². The van der Waals surface area contributed by atoms with Crippen molar-refractivity contribution in [3.05, 3.63) is 205 Å². The summed E-state index contributed by atoms with van der Waals surface area (Å²) in [7, 11) is 0. The predicted octanol–water partition coefficient (Wildman–Crippen LogP) is 9.99. The first-order valence-corrected chi connectivity index (χ1v) is 22.1. The van der Waals surface area contributed by atoms with Crippen LogP contribution in [0.4, 0.5) is 0 Å². The van der Waals surface area contributed by atoms with Crippen LogP contribution in [0.15, 0.2) is 182 Å². The molecular formula is C57H46N4O2+4. The highest BCUT2D eigenvalue weighted by molar-refractivity contribution is 6.10. The Kier molecular flexibility index (Phi) is 8.58. The van der Waals surface area contributed by atoms with E-state index >= 15 is 0 Å². The molecule has 6 nitrogen and oxygen atoms in total. The average molecular weight is 819 g/mol. The van der Waals surface area contributed by atoms with Gasteiger partial charge in [0, 0.05) is 59.2 Å². The van der Waals surface area contributed by atoms with Gasteiger partial charge in [-0.05, 0) is 67.3 Å². The number of carbonyl (C=O) groups is 1. The van der Waals surface area contributed by atoms with E-state index in [0.717, 1.165) is 17.0 Å². The Bertz CT molecular complexity index is 3540. The minimum absolute atomic E-state index is 0.142. The summed E-state index contributed by atoms with van der Waals surface area (Å²) in [5.41, 5.74) is 13.7. The van der Waals surface area contributed by atoms with Gasteiger partial charge in [0.2, 0.25) is 35.5 Å². The zero-order valence-corrected chi connectivity index (χ0v) is 35.2. The second-order valence-electron chi connectivity index (χ2n) is 17.5. The minimum Gasteiger partial charge on any atom is -0.481 e. The molecule has 1 N–H and O–H groups in total. The molecule has 0 bridgehead atoms. The highest BCUT2D eigenvalue weighted by atomic mass is 16.4. The topological polar surface area (TPSA) is 52.8 Å². The molecule has 12 rings (SSSR count). The molecule has 0 radical (unpaired) electrons. The molecule has 4 aromatic heterocycles. The van der Waals surface area contributed by atoms with Crippen molar-refractivity contribution in [2.75, 3.05) is 0 Å². The van der Waals surface area contributed by atoms with Crippen molar-refractivity contribution in [3.8, 4) is 33.9 Å². The fourth-order valence-electron chi connectivity index (χ4n) is 11.1. The zero-order valence-electron chi connectivity index (χ0n) is 35.2. The van der Waals surface area contributed by atoms with E-state index in [9.17, 15) is 9.90 Å². The largest absolute Gasteiger partial charge is 0.481 e. The monoisotopic (exact) mass is 818 g/mol. The van der Waals surface area contributed by atoms with Gasteiger partial charge >= 0.3 is 11.5 Å². The number of para-hydroxylation sites is 2. The van der Waals surface area contributed by atoms with Gasteiger partial charge in [-0.2, -0.15) is 18.3 Å². The van der Waals surface area contributed by atoms with Crippen LogP contribution in [0, 0.1) is 6.92 Å². The molecule has 0 amide bonds. The van der Waals surface area contributed by atoms with Crippen molar-refractivity contribution >= 4 is 49.3 Å². The van der Waals surface area contributed by atoms with E-state index in [4.69, 9.17) is 0 Å². The first kappa shape index (κ1) is 37.2. The summed E-state index contributed by atoms with van der Waals surface area (Å²) in [4.78, 5) is 11.6. The molecule has 6 aromatic carbocycles. The lowest BCUT2D eigenvalue weighted by Crippen LogP contribution is -2.68. The molecule has 1 spiro atoms. The lowest BCUT2D eigenvalue weighted by Gasteiger charge is -2.25. The summed E-state index contributed by atoms with van der Waals surface area (Å²) in [6, 6.07) is 63.0. The van der Waals surface area contributed by atoms with Gasteiger partial charge in [0.1, 0.15) is 0 Å². The van der Waals surface area contributed by atoms with Crippen LogP contribution in [0.25, 0.3) is 77.3 Å². The first-order chi connectivity index (χ1) is 31.0. The predicted molar refractivity (Wildman–Crippen MR) is 248 cm³/mol. The van der Waals surface area contributed by atoms with Gasteiger partial charge in [-0.15, -0.1) is 0 Å². The maximum atomic E-state index is 11.6. The molecule has 2 aliphatic rings. The molecule has 0 aliphatic carbocycles. The third-order valence-electron chi connectivity index (χ3n) is 13.8. The third kappa shape index (κ3) is 5.81. The van der Waals surface area contributed by atoms with Crippen LogP contribution in [0.1, 0.15) is 35.1 Å². The fourth-order valence-corrected chi connectivity index (χ4v) is 11.1. The van der Waals surface area contributed by atoms with E-state index in [1.165, 1.54) is 82.6 Å². The molecule has 63 heavy (non-hydrogen) atoms. The summed E-state index contributed by atoms with van der Waals surface area (Å²) < 4.78 is 10.3. The summed E-state index contributed by atoms with van der Waals surface area (Å²) >= 11 is 0. The Morgan fingerprint density at radius 2 is 1.16 bits per heavy atom. The second-order valence-corrected chi connectivity index (χ2v) is 17.5. The van der Waals surface area contributed by atoms with Gasteiger partial charge in [-0.1, -0.05) is 97.1 Å². The van der Waals surface area contributed by atoms with Crippen LogP contribution in [0.2, 0.25) is 0 Å². The Balaban J connectivity index is 1.27. The molecule has 302 valence electrons. The highest BCUT2D eigenvalue weighted by Gasteiger charge is 2.60. The van der Waals surface area contributed by atoms with Crippen molar-refractivity contribution in [1.29, 1.82) is 0 Å². The van der Waals surface area contributed by atoms with Crippen LogP contribution >= 0.6 is 0 Å². The van der Waals surface area contributed by atoms with Gasteiger partial charge in [-0.3, -0.25) is 4.79 Å². The number of rotatable bonds is 4. The number of carboxylic acid groups (broad SMARTS) is 1. The number of benzene rings is 6. The summed E-state index contributed by atoms with van der Waals surface area (Å²) in [5.74, 6) is -0.762. The molecule has 6 heteroatoms. The Morgan fingerprint density at radius 3 is 1.92 bits per heavy atom. The Hall–Kier alpha value is -7.57. The number of hydrogen-bond donors (Lipinski definition) is 1. The van der Waals surface area contributed by atoms with Gasteiger partial charge in [-0.25, -0.2) is 0 Å². The van der Waals surface area contributed by atoms with Crippen molar-refractivity contribution in [2.45, 2.75) is 51.4 Å². The molecule has 0 fully saturated rings. The molecule has 10 aromatic rings. The maximum Gasteiger partial charge on any atom is 0.311 e. The van der Waals surface area contributed by atoms with Gasteiger partial charge in [0.05, 0.1) is 38.2 Å². The van der Waals surface area contributed by atoms with Crippen molar-refractivity contribution in [3.63, 3.8) is 0 Å². The standard InChI is InChI=1S/C57H45N4O2/c1-38-29-31-59-36-57(49-25-11-8-24-48(49)56-47-23-7-5-19-43(47)45-21-10-13-27-51(45)61(56)57)37-60-50-26-12-9-20-44(50)42-18-4-6-22-46(42)55(60)41-17-3-2-16-40(41)35-58-32-30-39(15-14-28-54(62)63)34-53(58)52(59)33-38/h2-13,16-27,29-34H,14-15,28,35-37H2,1H3/q+3/p+1. The maximum absolute atomic E-state index is 11.6. The SMILES string of the molecule is Cc1cc[n+]2c(c1)-c1cc(CCCC(=O)O)cc[n+]1Cc1ccccc1-c1c3ccccc3c3ccccc3[n+]1CC1(C2)c2ccccc2-c2c3ccccc3c3ccccc3[n+]21. The van der Waals surface area contributed by atoms with Crippen LogP contribution in [-0.2, 0) is 36.4 Å². The summed E-state index contributed by atoms with van der Waals surface area (Å²) in [6.07, 6.45) is 5.92. The third-order valence-corrected chi connectivity index (χ3v) is 13.8. The Labute approximate surface area is 365 Å². The van der Waals surface area contributed by atoms with Crippen LogP contribution < -0.4 is 18.3 Å². The van der Waals surface area contributed by atoms with Gasteiger partial charge < -0.3 is 5.11 Å². The molecule has 1 atom stereocenters. The number of aliphatic carboxylic acids is 1. The molecular weight excluding hydrogens is 773 g/mol. The quantitative estimate of drug-likeness (QED) is 0.142. The van der Waals surface area contributed by atoms with Crippen LogP contribution in [-0.4, -0.2) is 11.1 Å². The number of aryl methyl sites for hydroxylation is 2. The number of aromatic nitrogens is 4. The Morgan fingerprint density at radius 1 is 0.571 bits per heavy atom. The zero-order chi connectivity index (χ0) is 42.2. The number of carboxylic acids is 1. The molecule has 6 heterocycles. The summed E-state index contributed by atoms with van der Waals surface area (Å²) in [5, 5.41) is 17.0. The van der Waals surface area contributed by atoms with Crippen molar-refractivity contribution < 1.29 is 28.2 Å². The van der Waals surface area contributed by atoms with Crippen LogP contribution in [0.5, 0.6) is 0 Å². The highest BCUT2D eigenvalue weighted by Crippen LogP contribution is 2.45. The van der Waals surface area contributed by atoms with E-state index in [2.05, 4.69) is 207 Å². The lowest BCUT2D eigenvalue weighted by atomic mass is 9.86. The number of hydrogen-bond acceptors (Lipinski definition) is 1. The van der Waals surface area contributed by atoms with Crippen LogP contribution in [0.3, 0.4) is 0 Å². The molecule has 0 saturated carbocycles. The normalized spacial score (nSPS) is 15.3. The fraction of sp³-hybridized carbons (Fsp3) is 0.140. The smallest absolute Gasteiger partial charge is 0.311 e. The number of pyridine rings is 4. The number of nitrogens with zero attached hydrogens (tertiary/aromatic N) is 4. The van der Waals surface area contributed by atoms with E-state index < -0.39 is 11.5 Å². The molecule has 0 saturated heterocycles. The van der Waals surface area contributed by atoms with E-state index in [-0.39, 0.29) is 6.42 Å². The molecule has 2 aliphatic heterocycles. The van der Waals surface area contributed by atoms with Crippen molar-refractivity contribution in [2.24, 2.45) is 0 Å². The first-order valence-electron chi connectivity index (χ1n) is 22.1. The van der Waals surface area contributed by atoms with Crippen molar-refractivity contribution in [1.82, 2.24) is 0 Å². The average Bonchev–Trinajstić information content (AvgIpc) is 3.60. The minimum atomic E-state index is -0.762. The molecule has 1 unspecified atom stereocenters. The summed E-state index contributed by atoms with van der Waals surface area (Å²) in [6.45, 7) is 4.12. The van der Waals surface area contributed by atoms with E-state index in [1.807, 2.05) is 0 Å². The number of fused-ring (bicyclic) bond motifs is 21. The van der Waals surface area contributed by atoms with E-state index in [0.29, 0.717) is 32.5 Å². The second kappa shape index (κ2) is 14.5.